The Morgan fingerprint density at radius 3 is 2.53 bits per heavy atom. The van der Waals surface area contributed by atoms with Crippen LogP contribution in [0.5, 0.6) is 0 Å². The van der Waals surface area contributed by atoms with Crippen molar-refractivity contribution in [1.29, 1.82) is 0 Å². The monoisotopic (exact) mass is 284 g/mol. The van der Waals surface area contributed by atoms with E-state index >= 15 is 0 Å². The number of benzene rings is 1. The minimum absolute atomic E-state index is 0.0229. The number of hydrogen-bond donors (Lipinski definition) is 3. The van der Waals surface area contributed by atoms with E-state index in [0.29, 0.717) is 24.2 Å². The van der Waals surface area contributed by atoms with Gasteiger partial charge >= 0.3 is 5.97 Å². The first-order chi connectivity index (χ1) is 8.87. The van der Waals surface area contributed by atoms with E-state index in [9.17, 15) is 13.2 Å². The van der Waals surface area contributed by atoms with Crippen molar-refractivity contribution in [1.82, 2.24) is 0 Å². The molecule has 0 aromatic heterocycles. The Bertz CT molecular complexity index is 584. The predicted octanol–water partition coefficient (Wildman–Crippen LogP) is 0.956. The van der Waals surface area contributed by atoms with Gasteiger partial charge < -0.3 is 16.2 Å². The Hall–Kier alpha value is -1.76. The summed E-state index contributed by atoms with van der Waals surface area (Å²) in [7, 11) is -2.92. The highest BCUT2D eigenvalue weighted by Gasteiger charge is 2.24. The summed E-state index contributed by atoms with van der Waals surface area (Å²) < 4.78 is 22.7. The SMILES string of the molecule is Nc1ccc(NC2CCS(=O)(=O)CC2)c(C(=O)O)c1. The summed E-state index contributed by atoms with van der Waals surface area (Å²) in [4.78, 5) is 11.1. The molecule has 1 fully saturated rings. The molecule has 0 amide bonds. The van der Waals surface area contributed by atoms with Gasteiger partial charge in [-0.2, -0.15) is 0 Å². The first-order valence-corrected chi connectivity index (χ1v) is 7.79. The van der Waals surface area contributed by atoms with Crippen LogP contribution in [0.4, 0.5) is 11.4 Å². The molecule has 0 bridgehead atoms. The second-order valence-electron chi connectivity index (χ2n) is 4.68. The molecule has 0 unspecified atom stereocenters. The van der Waals surface area contributed by atoms with Gasteiger partial charge in [0.05, 0.1) is 17.1 Å². The standard InChI is InChI=1S/C12H16N2O4S/c13-8-1-2-11(10(7-8)12(15)16)14-9-3-5-19(17,18)6-4-9/h1-2,7,9,14H,3-6,13H2,(H,15,16). The fraction of sp³-hybridized carbons (Fsp3) is 0.417. The highest BCUT2D eigenvalue weighted by Crippen LogP contribution is 2.23. The van der Waals surface area contributed by atoms with Crippen LogP contribution in [0.25, 0.3) is 0 Å². The fourth-order valence-electron chi connectivity index (χ4n) is 2.12. The van der Waals surface area contributed by atoms with Crippen molar-refractivity contribution in [2.45, 2.75) is 18.9 Å². The Morgan fingerprint density at radius 1 is 1.32 bits per heavy atom. The van der Waals surface area contributed by atoms with Crippen LogP contribution in [-0.2, 0) is 9.84 Å². The lowest BCUT2D eigenvalue weighted by atomic mass is 10.1. The van der Waals surface area contributed by atoms with E-state index in [1.165, 1.54) is 6.07 Å². The molecule has 104 valence electrons. The molecule has 0 radical (unpaired) electrons. The summed E-state index contributed by atoms with van der Waals surface area (Å²) in [5.74, 6) is -0.775. The zero-order valence-corrected chi connectivity index (χ0v) is 11.1. The normalized spacial score (nSPS) is 18.9. The maximum Gasteiger partial charge on any atom is 0.337 e. The third kappa shape index (κ3) is 3.37. The third-order valence-corrected chi connectivity index (χ3v) is 4.90. The minimum atomic E-state index is -2.92. The lowest BCUT2D eigenvalue weighted by Gasteiger charge is -2.24. The zero-order chi connectivity index (χ0) is 14.0. The summed E-state index contributed by atoms with van der Waals surface area (Å²) in [6.45, 7) is 0. The molecule has 19 heavy (non-hydrogen) atoms. The van der Waals surface area contributed by atoms with E-state index in [0.717, 1.165) is 0 Å². The molecule has 1 saturated heterocycles. The Kier molecular flexibility index (Phi) is 3.66. The number of sulfone groups is 1. The molecule has 1 aromatic carbocycles. The van der Waals surface area contributed by atoms with Crippen molar-refractivity contribution in [3.05, 3.63) is 23.8 Å². The molecule has 1 heterocycles. The summed E-state index contributed by atoms with van der Waals surface area (Å²) in [5.41, 5.74) is 6.53. The van der Waals surface area contributed by atoms with Gasteiger partial charge in [0, 0.05) is 17.4 Å². The van der Waals surface area contributed by atoms with Gasteiger partial charge in [0.15, 0.2) is 0 Å². The predicted molar refractivity (Wildman–Crippen MR) is 73.1 cm³/mol. The average molecular weight is 284 g/mol. The zero-order valence-electron chi connectivity index (χ0n) is 10.3. The molecule has 0 saturated carbocycles. The maximum atomic E-state index is 11.3. The number of rotatable bonds is 3. The van der Waals surface area contributed by atoms with Gasteiger partial charge in [-0.1, -0.05) is 0 Å². The molecular formula is C12H16N2O4S. The van der Waals surface area contributed by atoms with Gasteiger partial charge in [-0.05, 0) is 31.0 Å². The molecule has 1 aromatic rings. The van der Waals surface area contributed by atoms with E-state index in [-0.39, 0.29) is 23.1 Å². The number of carbonyl (C=O) groups is 1. The van der Waals surface area contributed by atoms with E-state index in [1.54, 1.807) is 12.1 Å². The molecule has 0 spiro atoms. The van der Waals surface area contributed by atoms with Gasteiger partial charge in [-0.15, -0.1) is 0 Å². The van der Waals surface area contributed by atoms with Gasteiger partial charge in [0.2, 0.25) is 0 Å². The Morgan fingerprint density at radius 2 is 1.95 bits per heavy atom. The summed E-state index contributed by atoms with van der Waals surface area (Å²) >= 11 is 0. The molecule has 4 N–H and O–H groups in total. The van der Waals surface area contributed by atoms with E-state index in [4.69, 9.17) is 10.8 Å². The van der Waals surface area contributed by atoms with Gasteiger partial charge in [0.1, 0.15) is 9.84 Å². The summed E-state index contributed by atoms with van der Waals surface area (Å²) in [5, 5.41) is 12.2. The quantitative estimate of drug-likeness (QED) is 0.713. The van der Waals surface area contributed by atoms with Crippen molar-refractivity contribution in [2.75, 3.05) is 22.6 Å². The Labute approximate surface area is 111 Å². The number of carboxylic acids is 1. The molecular weight excluding hydrogens is 268 g/mol. The summed E-state index contributed by atoms with van der Waals surface area (Å²) in [6, 6.07) is 4.60. The average Bonchev–Trinajstić information content (AvgIpc) is 2.33. The summed E-state index contributed by atoms with van der Waals surface area (Å²) in [6.07, 6.45) is 0.984. The molecule has 2 rings (SSSR count). The number of carboxylic acid groups (broad SMARTS) is 1. The first kappa shape index (κ1) is 13.7. The number of nitrogens with one attached hydrogen (secondary N) is 1. The second kappa shape index (κ2) is 5.08. The minimum Gasteiger partial charge on any atom is -0.478 e. The lowest BCUT2D eigenvalue weighted by Crippen LogP contribution is -2.32. The van der Waals surface area contributed by atoms with Crippen molar-refractivity contribution in [3.63, 3.8) is 0 Å². The number of anilines is 2. The molecule has 0 aliphatic carbocycles. The number of nitrogens with two attached hydrogens (primary N) is 1. The van der Waals surface area contributed by atoms with Crippen molar-refractivity contribution in [2.24, 2.45) is 0 Å². The number of nitrogen functional groups attached to an aromatic ring is 1. The van der Waals surface area contributed by atoms with Crippen LogP contribution in [0.1, 0.15) is 23.2 Å². The van der Waals surface area contributed by atoms with E-state index < -0.39 is 15.8 Å². The van der Waals surface area contributed by atoms with Crippen LogP contribution >= 0.6 is 0 Å². The maximum absolute atomic E-state index is 11.3. The number of aromatic carboxylic acids is 1. The second-order valence-corrected chi connectivity index (χ2v) is 6.98. The van der Waals surface area contributed by atoms with Gasteiger partial charge in [-0.3, -0.25) is 0 Å². The number of hydrogen-bond acceptors (Lipinski definition) is 5. The molecule has 1 aliphatic heterocycles. The third-order valence-electron chi connectivity index (χ3n) is 3.19. The van der Waals surface area contributed by atoms with Crippen LogP contribution < -0.4 is 11.1 Å². The Balaban J connectivity index is 2.14. The highest BCUT2D eigenvalue weighted by atomic mass is 32.2. The van der Waals surface area contributed by atoms with Crippen LogP contribution in [-0.4, -0.2) is 37.0 Å². The van der Waals surface area contributed by atoms with Crippen LogP contribution in [0.3, 0.4) is 0 Å². The van der Waals surface area contributed by atoms with Crippen molar-refractivity contribution in [3.8, 4) is 0 Å². The van der Waals surface area contributed by atoms with Gasteiger partial charge in [-0.25, -0.2) is 13.2 Å². The molecule has 1 aliphatic rings. The highest BCUT2D eigenvalue weighted by molar-refractivity contribution is 7.91. The van der Waals surface area contributed by atoms with E-state index in [2.05, 4.69) is 5.32 Å². The lowest BCUT2D eigenvalue weighted by molar-refractivity contribution is 0.0698. The van der Waals surface area contributed by atoms with Gasteiger partial charge in [0.25, 0.3) is 0 Å². The van der Waals surface area contributed by atoms with Crippen LogP contribution in [0.2, 0.25) is 0 Å². The first-order valence-electron chi connectivity index (χ1n) is 5.97. The molecule has 0 atom stereocenters. The molecule has 7 heteroatoms. The fourth-order valence-corrected chi connectivity index (χ4v) is 3.61. The topological polar surface area (TPSA) is 109 Å². The molecule has 6 nitrogen and oxygen atoms in total. The van der Waals surface area contributed by atoms with E-state index in [1.807, 2.05) is 0 Å². The van der Waals surface area contributed by atoms with Crippen LogP contribution in [0, 0.1) is 0 Å². The van der Waals surface area contributed by atoms with Crippen LogP contribution in [0.15, 0.2) is 18.2 Å². The largest absolute Gasteiger partial charge is 0.478 e. The van der Waals surface area contributed by atoms with Crippen molar-refractivity contribution < 1.29 is 18.3 Å². The van der Waals surface area contributed by atoms with Crippen molar-refractivity contribution >= 4 is 27.2 Å². The smallest absolute Gasteiger partial charge is 0.337 e.